The summed E-state index contributed by atoms with van der Waals surface area (Å²) in [5, 5.41) is 6.04. The van der Waals surface area contributed by atoms with Gasteiger partial charge >= 0.3 is 0 Å². The largest absolute Gasteiger partial charge is 0.371 e. The summed E-state index contributed by atoms with van der Waals surface area (Å²) in [5.74, 6) is 0.948. The van der Waals surface area contributed by atoms with Gasteiger partial charge in [-0.25, -0.2) is 4.39 Å². The van der Waals surface area contributed by atoms with Crippen LogP contribution in [0, 0.1) is 5.82 Å². The summed E-state index contributed by atoms with van der Waals surface area (Å²) >= 11 is 4.99. The van der Waals surface area contributed by atoms with Crippen molar-refractivity contribution in [2.45, 2.75) is 12.6 Å². The van der Waals surface area contributed by atoms with Gasteiger partial charge in [-0.05, 0) is 39.7 Å². The number of nitrogens with zero attached hydrogens (tertiary/aromatic N) is 3. The first kappa shape index (κ1) is 16.8. The predicted octanol–water partition coefficient (Wildman–Crippen LogP) is 4.27. The zero-order valence-corrected chi connectivity index (χ0v) is 15.6. The molecule has 5 nitrogen and oxygen atoms in total. The highest BCUT2D eigenvalue weighted by Gasteiger charge is 2.24. The number of halogens is 2. The normalized spacial score (nSPS) is 18.6. The van der Waals surface area contributed by atoms with Gasteiger partial charge in [0.2, 0.25) is 11.7 Å². The number of aromatic nitrogens is 2. The van der Waals surface area contributed by atoms with Crippen molar-refractivity contribution in [2.24, 2.45) is 0 Å². The Morgan fingerprint density at radius 2 is 2.16 bits per heavy atom. The zero-order chi connectivity index (χ0) is 17.2. The molecule has 8 heteroatoms. The second kappa shape index (κ2) is 7.33. The molecule has 0 radical (unpaired) electrons. The van der Waals surface area contributed by atoms with Crippen LogP contribution >= 0.6 is 27.3 Å². The maximum atomic E-state index is 13.1. The summed E-state index contributed by atoms with van der Waals surface area (Å²) in [5.41, 5.74) is 0.973. The molecule has 0 saturated carbocycles. The van der Waals surface area contributed by atoms with Crippen molar-refractivity contribution in [3.8, 4) is 10.7 Å². The van der Waals surface area contributed by atoms with Crippen LogP contribution in [0.5, 0.6) is 0 Å². The Morgan fingerprint density at radius 3 is 2.92 bits per heavy atom. The van der Waals surface area contributed by atoms with Crippen LogP contribution in [0.1, 0.15) is 17.6 Å². The average Bonchev–Trinajstić information content (AvgIpc) is 3.25. The first-order valence-electron chi connectivity index (χ1n) is 7.84. The molecular formula is C17H15BrFN3O2S. The third kappa shape index (κ3) is 3.98. The lowest BCUT2D eigenvalue weighted by Gasteiger charge is -2.32. The summed E-state index contributed by atoms with van der Waals surface area (Å²) in [7, 11) is 0. The molecule has 1 atom stereocenters. The van der Waals surface area contributed by atoms with Crippen LogP contribution in [0.2, 0.25) is 0 Å². The minimum Gasteiger partial charge on any atom is -0.371 e. The molecule has 130 valence electrons. The van der Waals surface area contributed by atoms with Gasteiger partial charge in [0.15, 0.2) is 0 Å². The van der Waals surface area contributed by atoms with Crippen LogP contribution in [-0.4, -0.2) is 34.7 Å². The van der Waals surface area contributed by atoms with Crippen LogP contribution in [0.4, 0.5) is 4.39 Å². The first-order valence-corrected chi connectivity index (χ1v) is 9.51. The molecule has 0 N–H and O–H groups in total. The van der Waals surface area contributed by atoms with E-state index < -0.39 is 0 Å². The molecule has 0 aliphatic carbocycles. The van der Waals surface area contributed by atoms with E-state index in [9.17, 15) is 4.39 Å². The number of rotatable bonds is 4. The highest BCUT2D eigenvalue weighted by atomic mass is 79.9. The van der Waals surface area contributed by atoms with Gasteiger partial charge in [-0.1, -0.05) is 17.3 Å². The third-order valence-electron chi connectivity index (χ3n) is 4.01. The number of hydrogen-bond acceptors (Lipinski definition) is 6. The van der Waals surface area contributed by atoms with Crippen molar-refractivity contribution in [1.82, 2.24) is 15.0 Å². The van der Waals surface area contributed by atoms with E-state index in [0.29, 0.717) is 31.4 Å². The van der Waals surface area contributed by atoms with Crippen LogP contribution in [-0.2, 0) is 11.3 Å². The fraction of sp³-hybridized carbons (Fsp3) is 0.294. The van der Waals surface area contributed by atoms with Crippen LogP contribution in [0.15, 0.2) is 44.7 Å². The molecule has 1 aliphatic heterocycles. The lowest BCUT2D eigenvalue weighted by atomic mass is 10.1. The van der Waals surface area contributed by atoms with Crippen molar-refractivity contribution in [1.29, 1.82) is 0 Å². The van der Waals surface area contributed by atoms with Gasteiger partial charge in [-0.3, -0.25) is 4.90 Å². The second-order valence-electron chi connectivity index (χ2n) is 5.79. The van der Waals surface area contributed by atoms with Crippen LogP contribution in [0.3, 0.4) is 0 Å². The van der Waals surface area contributed by atoms with Gasteiger partial charge in [-0.2, -0.15) is 4.98 Å². The molecule has 2 aromatic heterocycles. The minimum absolute atomic E-state index is 0.0787. The van der Waals surface area contributed by atoms with Crippen LogP contribution < -0.4 is 0 Å². The molecule has 1 saturated heterocycles. The van der Waals surface area contributed by atoms with Gasteiger partial charge in [0.25, 0.3) is 0 Å². The Hall–Kier alpha value is -1.61. The number of benzene rings is 1. The molecular weight excluding hydrogens is 409 g/mol. The second-order valence-corrected chi connectivity index (χ2v) is 7.61. The van der Waals surface area contributed by atoms with E-state index >= 15 is 0 Å². The number of morpholine rings is 1. The molecule has 0 spiro atoms. The smallest absolute Gasteiger partial charge is 0.241 e. The molecule has 1 fully saturated rings. The van der Waals surface area contributed by atoms with Crippen molar-refractivity contribution >= 4 is 27.3 Å². The lowest BCUT2D eigenvalue weighted by Crippen LogP contribution is -2.37. The molecule has 1 aliphatic rings. The first-order chi connectivity index (χ1) is 12.2. The molecule has 25 heavy (non-hydrogen) atoms. The van der Waals surface area contributed by atoms with Crippen molar-refractivity contribution in [3.63, 3.8) is 0 Å². The molecule has 4 rings (SSSR count). The Morgan fingerprint density at radius 1 is 1.32 bits per heavy atom. The summed E-state index contributed by atoms with van der Waals surface area (Å²) in [6.45, 7) is 2.68. The highest BCUT2D eigenvalue weighted by Crippen LogP contribution is 2.28. The van der Waals surface area contributed by atoms with E-state index in [2.05, 4.69) is 31.0 Å². The summed E-state index contributed by atoms with van der Waals surface area (Å²) in [4.78, 5) is 7.65. The van der Waals surface area contributed by atoms with Crippen molar-refractivity contribution in [3.05, 3.63) is 57.5 Å². The number of thiophene rings is 1. The number of hydrogen-bond donors (Lipinski definition) is 0. The maximum absolute atomic E-state index is 13.1. The monoisotopic (exact) mass is 423 g/mol. The summed E-state index contributed by atoms with van der Waals surface area (Å²) < 4.78 is 25.3. The lowest BCUT2D eigenvalue weighted by molar-refractivity contribution is -0.0356. The summed E-state index contributed by atoms with van der Waals surface area (Å²) in [6, 6.07) is 8.42. The van der Waals surface area contributed by atoms with E-state index in [4.69, 9.17) is 9.26 Å². The van der Waals surface area contributed by atoms with Gasteiger partial charge in [-0.15, -0.1) is 11.3 Å². The summed E-state index contributed by atoms with van der Waals surface area (Å²) in [6.07, 6.45) is -0.0787. The highest BCUT2D eigenvalue weighted by molar-refractivity contribution is 9.10. The van der Waals surface area contributed by atoms with E-state index in [1.54, 1.807) is 23.5 Å². The topological polar surface area (TPSA) is 51.4 Å². The van der Waals surface area contributed by atoms with Gasteiger partial charge in [0.1, 0.15) is 5.82 Å². The third-order valence-corrected chi connectivity index (χ3v) is 5.69. The fourth-order valence-electron chi connectivity index (χ4n) is 2.77. The van der Waals surface area contributed by atoms with Crippen LogP contribution in [0.25, 0.3) is 10.7 Å². The van der Waals surface area contributed by atoms with Crippen molar-refractivity contribution < 1.29 is 13.7 Å². The average molecular weight is 424 g/mol. The van der Waals surface area contributed by atoms with E-state index in [1.807, 2.05) is 11.4 Å². The standard InChI is InChI=1S/C17H15BrFN3O2S/c18-12-7-15(25-10-12)17-20-16(24-21-17)9-22-5-6-23-14(8-22)11-1-3-13(19)4-2-11/h1-4,7,10,14H,5-6,8-9H2/t14-/m1/s1. The van der Waals surface area contributed by atoms with Gasteiger partial charge in [0, 0.05) is 22.9 Å². The SMILES string of the molecule is Fc1ccc([C@H]2CN(Cc3nc(-c4cc(Br)cs4)no3)CCO2)cc1. The Bertz CT molecular complexity index is 852. The molecule has 0 unspecified atom stereocenters. The maximum Gasteiger partial charge on any atom is 0.241 e. The van der Waals surface area contributed by atoms with E-state index in [0.717, 1.165) is 21.5 Å². The minimum atomic E-state index is -0.241. The van der Waals surface area contributed by atoms with Gasteiger partial charge in [0.05, 0.1) is 24.1 Å². The quantitative estimate of drug-likeness (QED) is 0.626. The molecule has 0 bridgehead atoms. The Labute approximate surface area is 156 Å². The zero-order valence-electron chi connectivity index (χ0n) is 13.2. The van der Waals surface area contributed by atoms with Crippen molar-refractivity contribution in [2.75, 3.05) is 19.7 Å². The molecule has 3 aromatic rings. The molecule has 1 aromatic carbocycles. The Kier molecular flexibility index (Phi) is 4.93. The van der Waals surface area contributed by atoms with E-state index in [-0.39, 0.29) is 11.9 Å². The van der Waals surface area contributed by atoms with Gasteiger partial charge < -0.3 is 9.26 Å². The Balaban J connectivity index is 1.42. The fourth-order valence-corrected chi connectivity index (χ4v) is 4.12. The predicted molar refractivity (Wildman–Crippen MR) is 95.7 cm³/mol. The van der Waals surface area contributed by atoms with E-state index in [1.165, 1.54) is 12.1 Å². The number of ether oxygens (including phenoxy) is 1. The molecule has 3 heterocycles. The molecule has 0 amide bonds.